The smallest absolute Gasteiger partial charge is 0.218 e. The third kappa shape index (κ3) is 1.05. The van der Waals surface area contributed by atoms with Crippen LogP contribution in [0.15, 0.2) is 12.4 Å². The molecule has 0 aliphatic carbocycles. The Bertz CT molecular complexity index is 394. The zero-order chi connectivity index (χ0) is 7.84. The maximum atomic E-state index is 5.68. The van der Waals surface area contributed by atoms with E-state index in [1.807, 2.05) is 6.92 Å². The Labute approximate surface area is 67.8 Å². The van der Waals surface area contributed by atoms with Gasteiger partial charge in [0, 0.05) is 0 Å². The summed E-state index contributed by atoms with van der Waals surface area (Å²) < 4.78 is 1.55. The van der Waals surface area contributed by atoms with Crippen LogP contribution in [-0.4, -0.2) is 19.6 Å². The fourth-order valence-electron chi connectivity index (χ4n) is 0.863. The largest absolute Gasteiger partial charge is 0.252 e. The monoisotopic (exact) mass is 168 g/mol. The second-order valence-corrected chi connectivity index (χ2v) is 2.61. The molecule has 0 fully saturated rings. The number of fused-ring (bicyclic) bond motifs is 1. The first-order valence-corrected chi connectivity index (χ1v) is 3.48. The maximum absolute atomic E-state index is 5.68. The Kier molecular flexibility index (Phi) is 1.29. The van der Waals surface area contributed by atoms with E-state index in [2.05, 4.69) is 15.1 Å². The molecule has 0 unspecified atom stereocenters. The third-order valence-electron chi connectivity index (χ3n) is 1.27. The van der Waals surface area contributed by atoms with E-state index in [1.165, 1.54) is 0 Å². The van der Waals surface area contributed by atoms with Gasteiger partial charge in [-0.15, -0.1) is 0 Å². The molecule has 0 saturated carbocycles. The van der Waals surface area contributed by atoms with Crippen molar-refractivity contribution in [2.75, 3.05) is 0 Å². The average molecular weight is 169 g/mol. The van der Waals surface area contributed by atoms with Gasteiger partial charge in [-0.3, -0.25) is 0 Å². The van der Waals surface area contributed by atoms with Crippen molar-refractivity contribution in [2.45, 2.75) is 6.92 Å². The lowest BCUT2D eigenvalue weighted by Gasteiger charge is -1.88. The van der Waals surface area contributed by atoms with Crippen molar-refractivity contribution in [1.29, 1.82) is 0 Å². The summed E-state index contributed by atoms with van der Waals surface area (Å²) in [5.41, 5.74) is 0. The van der Waals surface area contributed by atoms with Crippen molar-refractivity contribution in [3.8, 4) is 0 Å². The number of hydrogen-bond donors (Lipinski definition) is 0. The molecule has 2 aromatic heterocycles. The van der Waals surface area contributed by atoms with Gasteiger partial charge in [0.15, 0.2) is 0 Å². The molecular weight excluding hydrogens is 164 g/mol. The highest BCUT2D eigenvalue weighted by molar-refractivity contribution is 6.30. The summed E-state index contributed by atoms with van der Waals surface area (Å²) in [5, 5.41) is 4.59. The fourth-order valence-corrected chi connectivity index (χ4v) is 1.00. The minimum atomic E-state index is 0.558. The van der Waals surface area contributed by atoms with Gasteiger partial charge < -0.3 is 0 Å². The summed E-state index contributed by atoms with van der Waals surface area (Å²) in [6.45, 7) is 1.81. The Hall–Kier alpha value is -1.16. The van der Waals surface area contributed by atoms with E-state index in [0.717, 1.165) is 0 Å². The van der Waals surface area contributed by atoms with Crippen LogP contribution in [-0.2, 0) is 0 Å². The summed E-state index contributed by atoms with van der Waals surface area (Å²) in [6.07, 6.45) is 3.22. The minimum absolute atomic E-state index is 0.558. The molecule has 2 aromatic rings. The molecular formula is C6H5ClN4. The van der Waals surface area contributed by atoms with Crippen LogP contribution >= 0.6 is 11.6 Å². The molecule has 0 amide bonds. The lowest BCUT2D eigenvalue weighted by atomic mass is 10.7. The van der Waals surface area contributed by atoms with Crippen LogP contribution in [0.4, 0.5) is 0 Å². The molecule has 4 nitrogen and oxygen atoms in total. The Morgan fingerprint density at radius 1 is 1.55 bits per heavy atom. The van der Waals surface area contributed by atoms with Gasteiger partial charge in [0.2, 0.25) is 0 Å². The van der Waals surface area contributed by atoms with Crippen molar-refractivity contribution in [3.63, 3.8) is 0 Å². The molecule has 0 aliphatic heterocycles. The zero-order valence-corrected chi connectivity index (χ0v) is 6.58. The molecule has 0 radical (unpaired) electrons. The van der Waals surface area contributed by atoms with Crippen molar-refractivity contribution < 1.29 is 0 Å². The molecule has 0 atom stereocenters. The van der Waals surface area contributed by atoms with Crippen molar-refractivity contribution in [2.24, 2.45) is 0 Å². The lowest BCUT2D eigenvalue weighted by molar-refractivity contribution is 0.916. The highest BCUT2D eigenvalue weighted by Crippen LogP contribution is 2.05. The van der Waals surface area contributed by atoms with Gasteiger partial charge in [-0.05, 0) is 6.92 Å². The molecule has 2 heterocycles. The molecule has 0 spiro atoms. The van der Waals surface area contributed by atoms with E-state index in [-0.39, 0.29) is 0 Å². The second kappa shape index (κ2) is 2.17. The highest BCUT2D eigenvalue weighted by Gasteiger charge is 1.99. The molecule has 11 heavy (non-hydrogen) atoms. The number of nitrogens with zero attached hydrogens (tertiary/aromatic N) is 4. The SMILES string of the molecule is Cc1nc2ncc(Cl)cn2n1. The van der Waals surface area contributed by atoms with E-state index in [4.69, 9.17) is 11.6 Å². The molecule has 0 bridgehead atoms. The van der Waals surface area contributed by atoms with Crippen LogP contribution < -0.4 is 0 Å². The first-order valence-electron chi connectivity index (χ1n) is 3.10. The molecule has 0 aromatic carbocycles. The fraction of sp³-hybridized carbons (Fsp3) is 0.167. The first kappa shape index (κ1) is 6.54. The number of hydrogen-bond acceptors (Lipinski definition) is 3. The zero-order valence-electron chi connectivity index (χ0n) is 5.82. The minimum Gasteiger partial charge on any atom is -0.218 e. The summed E-state index contributed by atoms with van der Waals surface area (Å²) >= 11 is 5.68. The van der Waals surface area contributed by atoms with E-state index in [0.29, 0.717) is 16.6 Å². The van der Waals surface area contributed by atoms with Gasteiger partial charge in [0.25, 0.3) is 5.78 Å². The van der Waals surface area contributed by atoms with Gasteiger partial charge in [-0.25, -0.2) is 9.50 Å². The molecule has 0 aliphatic rings. The third-order valence-corrected chi connectivity index (χ3v) is 1.46. The van der Waals surface area contributed by atoms with Gasteiger partial charge in [-0.1, -0.05) is 11.6 Å². The van der Waals surface area contributed by atoms with E-state index in [9.17, 15) is 0 Å². The van der Waals surface area contributed by atoms with E-state index < -0.39 is 0 Å². The van der Waals surface area contributed by atoms with Gasteiger partial charge in [0.05, 0.1) is 17.4 Å². The highest BCUT2D eigenvalue weighted by atomic mass is 35.5. The second-order valence-electron chi connectivity index (χ2n) is 2.18. The standard InChI is InChI=1S/C6H5ClN4/c1-4-9-6-8-2-5(7)3-11(6)10-4/h2-3H,1H3. The van der Waals surface area contributed by atoms with E-state index in [1.54, 1.807) is 16.9 Å². The Balaban J connectivity index is 2.82. The van der Waals surface area contributed by atoms with Crippen molar-refractivity contribution in [3.05, 3.63) is 23.2 Å². The van der Waals surface area contributed by atoms with Crippen LogP contribution in [0, 0.1) is 6.92 Å². The quantitative estimate of drug-likeness (QED) is 0.592. The van der Waals surface area contributed by atoms with Crippen molar-refractivity contribution in [1.82, 2.24) is 19.6 Å². The predicted octanol–water partition coefficient (Wildman–Crippen LogP) is 1.09. The average Bonchev–Trinajstić information content (AvgIpc) is 2.27. The van der Waals surface area contributed by atoms with Crippen LogP contribution in [0.3, 0.4) is 0 Å². The Morgan fingerprint density at radius 3 is 3.18 bits per heavy atom. The van der Waals surface area contributed by atoms with Crippen LogP contribution in [0.1, 0.15) is 5.82 Å². The Morgan fingerprint density at radius 2 is 2.36 bits per heavy atom. The van der Waals surface area contributed by atoms with Gasteiger partial charge in [0.1, 0.15) is 5.82 Å². The molecule has 56 valence electrons. The summed E-state index contributed by atoms with van der Waals surface area (Å²) in [7, 11) is 0. The molecule has 5 heteroatoms. The number of rotatable bonds is 0. The number of aryl methyl sites for hydroxylation is 1. The number of aromatic nitrogens is 4. The van der Waals surface area contributed by atoms with E-state index >= 15 is 0 Å². The topological polar surface area (TPSA) is 43.1 Å². The normalized spacial score (nSPS) is 10.7. The number of halogens is 1. The molecule has 2 rings (SSSR count). The van der Waals surface area contributed by atoms with Gasteiger partial charge in [-0.2, -0.15) is 10.1 Å². The van der Waals surface area contributed by atoms with Gasteiger partial charge >= 0.3 is 0 Å². The lowest BCUT2D eigenvalue weighted by Crippen LogP contribution is -1.88. The summed E-state index contributed by atoms with van der Waals surface area (Å²) in [4.78, 5) is 8.00. The van der Waals surface area contributed by atoms with Crippen LogP contribution in [0.5, 0.6) is 0 Å². The molecule has 0 saturated heterocycles. The van der Waals surface area contributed by atoms with Crippen molar-refractivity contribution >= 4 is 17.4 Å². The van der Waals surface area contributed by atoms with Crippen LogP contribution in [0.2, 0.25) is 5.02 Å². The molecule has 0 N–H and O–H groups in total. The maximum Gasteiger partial charge on any atom is 0.252 e. The predicted molar refractivity (Wildman–Crippen MR) is 40.5 cm³/mol. The summed E-state index contributed by atoms with van der Waals surface area (Å²) in [5.74, 6) is 1.27. The van der Waals surface area contributed by atoms with Crippen LogP contribution in [0.25, 0.3) is 5.78 Å². The summed E-state index contributed by atoms with van der Waals surface area (Å²) in [6, 6.07) is 0. The first-order chi connectivity index (χ1) is 5.25.